The van der Waals surface area contributed by atoms with Crippen LogP contribution in [0.1, 0.15) is 38.5 Å². The van der Waals surface area contributed by atoms with E-state index in [0.29, 0.717) is 0 Å². The molecule has 0 bridgehead atoms. The molecule has 0 aliphatic heterocycles. The van der Waals surface area contributed by atoms with Crippen molar-refractivity contribution < 1.29 is 0 Å². The van der Waals surface area contributed by atoms with Crippen LogP contribution in [0.5, 0.6) is 0 Å². The average molecular weight is 184 g/mol. The van der Waals surface area contributed by atoms with E-state index in [0.717, 1.165) is 0 Å². The average Bonchev–Trinajstić information content (AvgIpc) is 2.29. The lowest BCUT2D eigenvalue weighted by Gasteiger charge is -2.27. The smallest absolute Gasteiger partial charge is 0.0196 e. The van der Waals surface area contributed by atoms with Gasteiger partial charge in [0, 0.05) is 0 Å². The maximum atomic E-state index is 2.35. The van der Waals surface area contributed by atoms with Gasteiger partial charge in [-0.15, -0.1) is 0 Å². The third-order valence-electron chi connectivity index (χ3n) is 3.58. The van der Waals surface area contributed by atoms with Gasteiger partial charge in [-0.1, -0.05) is 35.5 Å². The SMILES string of the molecule is C1=CC2=C(CC1)CCC1=C2C=CCC1. The van der Waals surface area contributed by atoms with Crippen LogP contribution in [0.3, 0.4) is 0 Å². The Morgan fingerprint density at radius 1 is 0.643 bits per heavy atom. The van der Waals surface area contributed by atoms with Gasteiger partial charge in [0.2, 0.25) is 0 Å². The largest absolute Gasteiger partial charge is 0.0836 e. The van der Waals surface area contributed by atoms with Crippen LogP contribution >= 0.6 is 0 Å². The van der Waals surface area contributed by atoms with Crippen LogP contribution < -0.4 is 0 Å². The topological polar surface area (TPSA) is 0 Å². The zero-order valence-electron chi connectivity index (χ0n) is 8.55. The first kappa shape index (κ1) is 8.28. The predicted octanol–water partition coefficient (Wildman–Crippen LogP) is 4.07. The number of hydrogen-bond acceptors (Lipinski definition) is 0. The quantitative estimate of drug-likeness (QED) is 0.532. The lowest BCUT2D eigenvalue weighted by Crippen LogP contribution is -2.08. The molecule has 3 rings (SSSR count). The third kappa shape index (κ3) is 1.21. The molecule has 0 fully saturated rings. The molecule has 72 valence electrons. The van der Waals surface area contributed by atoms with Gasteiger partial charge in [0.15, 0.2) is 0 Å². The second kappa shape index (κ2) is 3.27. The third-order valence-corrected chi connectivity index (χ3v) is 3.58. The Bertz CT molecular complexity index is 337. The Hall–Kier alpha value is -1.04. The molecule has 0 heteroatoms. The first-order valence-corrected chi connectivity index (χ1v) is 5.72. The molecule has 0 amide bonds. The van der Waals surface area contributed by atoms with Gasteiger partial charge in [-0.2, -0.15) is 0 Å². The highest BCUT2D eigenvalue weighted by Crippen LogP contribution is 2.39. The number of rotatable bonds is 0. The summed E-state index contributed by atoms with van der Waals surface area (Å²) < 4.78 is 0. The van der Waals surface area contributed by atoms with E-state index in [1.54, 1.807) is 22.3 Å². The molecule has 0 heterocycles. The van der Waals surface area contributed by atoms with Gasteiger partial charge < -0.3 is 0 Å². The Kier molecular flexibility index (Phi) is 1.93. The van der Waals surface area contributed by atoms with Gasteiger partial charge in [-0.05, 0) is 49.7 Å². The van der Waals surface area contributed by atoms with E-state index in [1.807, 2.05) is 0 Å². The summed E-state index contributed by atoms with van der Waals surface area (Å²) in [7, 11) is 0. The normalized spacial score (nSPS) is 25.1. The highest BCUT2D eigenvalue weighted by molar-refractivity contribution is 5.56. The molecule has 0 saturated carbocycles. The molecule has 14 heavy (non-hydrogen) atoms. The Labute approximate surface area is 85.7 Å². The van der Waals surface area contributed by atoms with Crippen LogP contribution in [0.2, 0.25) is 0 Å². The molecule has 0 spiro atoms. The Morgan fingerprint density at radius 3 is 1.64 bits per heavy atom. The summed E-state index contributed by atoms with van der Waals surface area (Å²) in [5, 5.41) is 0. The molecule has 3 aliphatic carbocycles. The van der Waals surface area contributed by atoms with E-state index < -0.39 is 0 Å². The molecule has 0 aromatic heterocycles. The van der Waals surface area contributed by atoms with E-state index in [4.69, 9.17) is 0 Å². The van der Waals surface area contributed by atoms with Crippen LogP contribution in [0, 0.1) is 0 Å². The van der Waals surface area contributed by atoms with Crippen molar-refractivity contribution in [3.05, 3.63) is 46.6 Å². The number of hydrogen-bond donors (Lipinski definition) is 0. The van der Waals surface area contributed by atoms with Gasteiger partial charge in [0.05, 0.1) is 0 Å². The van der Waals surface area contributed by atoms with Crippen LogP contribution in [0.15, 0.2) is 46.6 Å². The minimum atomic E-state index is 1.26. The van der Waals surface area contributed by atoms with Crippen LogP contribution in [0.4, 0.5) is 0 Å². The van der Waals surface area contributed by atoms with Crippen LogP contribution in [-0.4, -0.2) is 0 Å². The monoisotopic (exact) mass is 184 g/mol. The van der Waals surface area contributed by atoms with Crippen LogP contribution in [-0.2, 0) is 0 Å². The molecule has 0 nitrogen and oxygen atoms in total. The number of allylic oxidation sites excluding steroid dienone is 8. The van der Waals surface area contributed by atoms with E-state index >= 15 is 0 Å². The summed E-state index contributed by atoms with van der Waals surface area (Å²) in [4.78, 5) is 0. The molecule has 0 atom stereocenters. The van der Waals surface area contributed by atoms with Crippen LogP contribution in [0.25, 0.3) is 0 Å². The molecule has 0 saturated heterocycles. The van der Waals surface area contributed by atoms with E-state index in [-0.39, 0.29) is 0 Å². The summed E-state index contributed by atoms with van der Waals surface area (Å²) in [6.07, 6.45) is 17.1. The molecule has 3 aliphatic rings. The van der Waals surface area contributed by atoms with Gasteiger partial charge in [0.25, 0.3) is 0 Å². The van der Waals surface area contributed by atoms with Crippen molar-refractivity contribution in [3.8, 4) is 0 Å². The fourth-order valence-corrected chi connectivity index (χ4v) is 2.80. The summed E-state index contributed by atoms with van der Waals surface area (Å²) in [6.45, 7) is 0. The maximum Gasteiger partial charge on any atom is -0.0196 e. The van der Waals surface area contributed by atoms with Crippen molar-refractivity contribution in [2.45, 2.75) is 38.5 Å². The zero-order chi connectivity index (χ0) is 9.38. The summed E-state index contributed by atoms with van der Waals surface area (Å²) in [5.74, 6) is 0. The van der Waals surface area contributed by atoms with E-state index in [2.05, 4.69) is 24.3 Å². The van der Waals surface area contributed by atoms with Crippen molar-refractivity contribution >= 4 is 0 Å². The molecule has 0 aromatic rings. The summed E-state index contributed by atoms with van der Waals surface area (Å²) in [6, 6.07) is 0. The molecule has 0 radical (unpaired) electrons. The van der Waals surface area contributed by atoms with Crippen molar-refractivity contribution in [1.82, 2.24) is 0 Å². The Balaban J connectivity index is 2.08. The zero-order valence-corrected chi connectivity index (χ0v) is 8.55. The second-order valence-electron chi connectivity index (χ2n) is 4.42. The standard InChI is InChI=1S/C14H16/c1-3-7-13-11(5-1)9-10-12-6-2-4-8-14(12)13/h3-4,7-8H,1-2,5-6,9-10H2. The first-order chi connectivity index (χ1) is 6.95. The van der Waals surface area contributed by atoms with Gasteiger partial charge in [-0.3, -0.25) is 0 Å². The summed E-state index contributed by atoms with van der Waals surface area (Å²) in [5.41, 5.74) is 6.54. The molecule has 0 N–H and O–H groups in total. The lowest BCUT2D eigenvalue weighted by molar-refractivity contribution is 0.753. The lowest BCUT2D eigenvalue weighted by atomic mass is 9.78. The molecular formula is C14H16. The molecule has 0 unspecified atom stereocenters. The highest BCUT2D eigenvalue weighted by Gasteiger charge is 2.20. The molecule has 0 aromatic carbocycles. The van der Waals surface area contributed by atoms with Gasteiger partial charge in [0.1, 0.15) is 0 Å². The maximum absolute atomic E-state index is 2.35. The van der Waals surface area contributed by atoms with Gasteiger partial charge >= 0.3 is 0 Å². The minimum absolute atomic E-state index is 1.26. The highest BCUT2D eigenvalue weighted by atomic mass is 14.3. The minimum Gasteiger partial charge on any atom is -0.0836 e. The van der Waals surface area contributed by atoms with Gasteiger partial charge in [-0.25, -0.2) is 0 Å². The fourth-order valence-electron chi connectivity index (χ4n) is 2.80. The van der Waals surface area contributed by atoms with E-state index in [9.17, 15) is 0 Å². The van der Waals surface area contributed by atoms with Crippen molar-refractivity contribution in [3.63, 3.8) is 0 Å². The fraction of sp³-hybridized carbons (Fsp3) is 0.429. The Morgan fingerprint density at radius 2 is 1.14 bits per heavy atom. The number of fused-ring (bicyclic) bond motifs is 1. The second-order valence-corrected chi connectivity index (χ2v) is 4.42. The predicted molar refractivity (Wildman–Crippen MR) is 60.0 cm³/mol. The van der Waals surface area contributed by atoms with Crippen molar-refractivity contribution in [2.24, 2.45) is 0 Å². The van der Waals surface area contributed by atoms with E-state index in [1.165, 1.54) is 38.5 Å². The van der Waals surface area contributed by atoms with Crippen molar-refractivity contribution in [1.29, 1.82) is 0 Å². The van der Waals surface area contributed by atoms with Crippen molar-refractivity contribution in [2.75, 3.05) is 0 Å². The molecular weight excluding hydrogens is 168 g/mol. The first-order valence-electron chi connectivity index (χ1n) is 5.72. The summed E-state index contributed by atoms with van der Waals surface area (Å²) >= 11 is 0.